The highest BCUT2D eigenvalue weighted by Crippen LogP contribution is 2.21. The summed E-state index contributed by atoms with van der Waals surface area (Å²) in [5, 5.41) is 0. The zero-order valence-corrected chi connectivity index (χ0v) is 10.5. The number of rotatable bonds is 4. The summed E-state index contributed by atoms with van der Waals surface area (Å²) in [5.41, 5.74) is 5.82. The maximum atomic E-state index is 12.1. The SMILES string of the molecule is CCN(CC)S(=O)(=O)N1CCC(N)C1C. The van der Waals surface area contributed by atoms with Crippen LogP contribution in [0.3, 0.4) is 0 Å². The summed E-state index contributed by atoms with van der Waals surface area (Å²) >= 11 is 0. The van der Waals surface area contributed by atoms with Gasteiger partial charge < -0.3 is 5.73 Å². The van der Waals surface area contributed by atoms with Gasteiger partial charge in [0.2, 0.25) is 0 Å². The van der Waals surface area contributed by atoms with E-state index in [-0.39, 0.29) is 12.1 Å². The molecule has 0 saturated carbocycles. The molecule has 0 aliphatic carbocycles. The van der Waals surface area contributed by atoms with E-state index in [1.54, 1.807) is 0 Å². The molecule has 2 unspecified atom stereocenters. The molecule has 1 saturated heterocycles. The Bertz CT molecular complexity index is 300. The van der Waals surface area contributed by atoms with Crippen molar-refractivity contribution in [1.29, 1.82) is 0 Å². The van der Waals surface area contributed by atoms with Gasteiger partial charge in [0.25, 0.3) is 10.2 Å². The molecule has 2 N–H and O–H groups in total. The van der Waals surface area contributed by atoms with Gasteiger partial charge in [-0.2, -0.15) is 17.0 Å². The van der Waals surface area contributed by atoms with Crippen molar-refractivity contribution in [2.24, 2.45) is 5.73 Å². The van der Waals surface area contributed by atoms with E-state index in [0.717, 1.165) is 6.42 Å². The monoisotopic (exact) mass is 235 g/mol. The third-order valence-electron chi connectivity index (χ3n) is 3.08. The van der Waals surface area contributed by atoms with Crippen LogP contribution in [0.25, 0.3) is 0 Å². The fraction of sp³-hybridized carbons (Fsp3) is 1.00. The van der Waals surface area contributed by atoms with Gasteiger partial charge in [0.05, 0.1) is 0 Å². The van der Waals surface area contributed by atoms with E-state index in [1.165, 1.54) is 8.61 Å². The second-order valence-electron chi connectivity index (χ2n) is 3.90. The zero-order chi connectivity index (χ0) is 11.6. The molecule has 15 heavy (non-hydrogen) atoms. The van der Waals surface area contributed by atoms with Crippen LogP contribution in [-0.2, 0) is 10.2 Å². The van der Waals surface area contributed by atoms with E-state index in [1.807, 2.05) is 20.8 Å². The van der Waals surface area contributed by atoms with Gasteiger partial charge in [-0.1, -0.05) is 13.8 Å². The lowest BCUT2D eigenvalue weighted by Gasteiger charge is -2.28. The minimum absolute atomic E-state index is 0.0321. The highest BCUT2D eigenvalue weighted by atomic mass is 32.2. The third kappa shape index (κ3) is 2.33. The van der Waals surface area contributed by atoms with E-state index < -0.39 is 10.2 Å². The summed E-state index contributed by atoms with van der Waals surface area (Å²) in [5.74, 6) is 0. The molecule has 0 spiro atoms. The molecule has 0 amide bonds. The number of hydrogen-bond acceptors (Lipinski definition) is 3. The molecule has 5 nitrogen and oxygen atoms in total. The Morgan fingerprint density at radius 3 is 2.27 bits per heavy atom. The van der Waals surface area contributed by atoms with Crippen LogP contribution in [0.15, 0.2) is 0 Å². The van der Waals surface area contributed by atoms with Crippen molar-refractivity contribution in [3.05, 3.63) is 0 Å². The molecule has 1 aliphatic rings. The predicted octanol–water partition coefficient (Wildman–Crippen LogP) is -0.00550. The molecule has 1 fully saturated rings. The maximum absolute atomic E-state index is 12.1. The van der Waals surface area contributed by atoms with Crippen LogP contribution in [0.4, 0.5) is 0 Å². The Hall–Kier alpha value is -0.170. The van der Waals surface area contributed by atoms with Crippen LogP contribution >= 0.6 is 0 Å². The average molecular weight is 235 g/mol. The van der Waals surface area contributed by atoms with Gasteiger partial charge in [0.1, 0.15) is 0 Å². The van der Waals surface area contributed by atoms with E-state index in [2.05, 4.69) is 0 Å². The summed E-state index contributed by atoms with van der Waals surface area (Å²) in [6.45, 7) is 7.14. The summed E-state index contributed by atoms with van der Waals surface area (Å²) < 4.78 is 27.3. The first-order valence-corrected chi connectivity index (χ1v) is 6.87. The van der Waals surface area contributed by atoms with Crippen LogP contribution in [0, 0.1) is 0 Å². The second kappa shape index (κ2) is 4.78. The molecule has 1 aliphatic heterocycles. The molecule has 0 radical (unpaired) electrons. The number of nitrogens with zero attached hydrogens (tertiary/aromatic N) is 2. The second-order valence-corrected chi connectivity index (χ2v) is 5.78. The molecule has 0 bridgehead atoms. The van der Waals surface area contributed by atoms with Gasteiger partial charge >= 0.3 is 0 Å². The molecule has 90 valence electrons. The van der Waals surface area contributed by atoms with Crippen molar-refractivity contribution in [3.63, 3.8) is 0 Å². The van der Waals surface area contributed by atoms with Gasteiger partial charge in [0.15, 0.2) is 0 Å². The van der Waals surface area contributed by atoms with Crippen LogP contribution < -0.4 is 5.73 Å². The lowest BCUT2D eigenvalue weighted by atomic mass is 10.2. The first-order chi connectivity index (χ1) is 6.95. The zero-order valence-electron chi connectivity index (χ0n) is 9.68. The Balaban J connectivity index is 2.87. The number of hydrogen-bond donors (Lipinski definition) is 1. The fourth-order valence-electron chi connectivity index (χ4n) is 1.96. The van der Waals surface area contributed by atoms with E-state index in [0.29, 0.717) is 19.6 Å². The van der Waals surface area contributed by atoms with Gasteiger partial charge in [-0.3, -0.25) is 0 Å². The van der Waals surface area contributed by atoms with E-state index in [9.17, 15) is 8.42 Å². The molecule has 0 aromatic carbocycles. The Labute approximate surface area is 92.4 Å². The van der Waals surface area contributed by atoms with Gasteiger partial charge in [-0.15, -0.1) is 0 Å². The minimum Gasteiger partial charge on any atom is -0.326 e. The molecular formula is C9H21N3O2S. The molecule has 0 aromatic heterocycles. The van der Waals surface area contributed by atoms with Crippen molar-refractivity contribution in [1.82, 2.24) is 8.61 Å². The van der Waals surface area contributed by atoms with E-state index >= 15 is 0 Å². The Kier molecular flexibility index (Phi) is 4.11. The van der Waals surface area contributed by atoms with Crippen LogP contribution in [0.1, 0.15) is 27.2 Å². The van der Waals surface area contributed by atoms with Crippen molar-refractivity contribution < 1.29 is 8.42 Å². The topological polar surface area (TPSA) is 66.6 Å². The summed E-state index contributed by atoms with van der Waals surface area (Å²) in [7, 11) is -3.30. The first kappa shape index (κ1) is 12.9. The van der Waals surface area contributed by atoms with Crippen molar-refractivity contribution >= 4 is 10.2 Å². The normalized spacial score (nSPS) is 28.9. The van der Waals surface area contributed by atoms with Crippen molar-refractivity contribution in [3.8, 4) is 0 Å². The Morgan fingerprint density at radius 1 is 1.40 bits per heavy atom. The fourth-order valence-corrected chi connectivity index (χ4v) is 3.82. The Morgan fingerprint density at radius 2 is 1.93 bits per heavy atom. The summed E-state index contributed by atoms with van der Waals surface area (Å²) in [6.07, 6.45) is 0.752. The molecule has 1 heterocycles. The van der Waals surface area contributed by atoms with Gasteiger partial charge in [-0.05, 0) is 13.3 Å². The molecule has 6 heteroatoms. The highest BCUT2D eigenvalue weighted by molar-refractivity contribution is 7.86. The van der Waals surface area contributed by atoms with E-state index in [4.69, 9.17) is 5.73 Å². The molecule has 0 aromatic rings. The standard InChI is InChI=1S/C9H21N3O2S/c1-4-11(5-2)15(13,14)12-7-6-9(10)8(12)3/h8-9H,4-7,10H2,1-3H3. The van der Waals surface area contributed by atoms with Crippen molar-refractivity contribution in [2.75, 3.05) is 19.6 Å². The summed E-state index contributed by atoms with van der Waals surface area (Å²) in [4.78, 5) is 0. The average Bonchev–Trinajstić information content (AvgIpc) is 2.49. The van der Waals surface area contributed by atoms with Crippen LogP contribution in [0.5, 0.6) is 0 Å². The lowest BCUT2D eigenvalue weighted by Crippen LogP contribution is -2.47. The lowest BCUT2D eigenvalue weighted by molar-refractivity contribution is 0.338. The smallest absolute Gasteiger partial charge is 0.282 e. The third-order valence-corrected chi connectivity index (χ3v) is 5.36. The number of nitrogens with two attached hydrogens (primary N) is 1. The predicted molar refractivity (Wildman–Crippen MR) is 60.6 cm³/mol. The summed E-state index contributed by atoms with van der Waals surface area (Å²) in [6, 6.07) is -0.120. The molecular weight excluding hydrogens is 214 g/mol. The van der Waals surface area contributed by atoms with Crippen molar-refractivity contribution in [2.45, 2.75) is 39.3 Å². The minimum atomic E-state index is -3.30. The maximum Gasteiger partial charge on any atom is 0.282 e. The molecule has 2 atom stereocenters. The highest BCUT2D eigenvalue weighted by Gasteiger charge is 2.38. The quantitative estimate of drug-likeness (QED) is 0.745. The van der Waals surface area contributed by atoms with Gasteiger partial charge in [-0.25, -0.2) is 0 Å². The molecule has 1 rings (SSSR count). The van der Waals surface area contributed by atoms with Crippen LogP contribution in [-0.4, -0.2) is 48.7 Å². The first-order valence-electron chi connectivity index (χ1n) is 5.47. The largest absolute Gasteiger partial charge is 0.326 e. The van der Waals surface area contributed by atoms with Crippen LogP contribution in [0.2, 0.25) is 0 Å². The van der Waals surface area contributed by atoms with Gasteiger partial charge in [0, 0.05) is 31.7 Å².